The quantitative estimate of drug-likeness (QED) is 0.467. The summed E-state index contributed by atoms with van der Waals surface area (Å²) in [6.07, 6.45) is 1.11. The zero-order valence-electron chi connectivity index (χ0n) is 17.7. The van der Waals surface area contributed by atoms with Crippen molar-refractivity contribution in [2.24, 2.45) is 0 Å². The average Bonchev–Trinajstić information content (AvgIpc) is 3.34. The molecular formula is C24H23BrN2O5. The number of amides is 2. The van der Waals surface area contributed by atoms with E-state index in [9.17, 15) is 9.59 Å². The van der Waals surface area contributed by atoms with Crippen molar-refractivity contribution in [2.45, 2.75) is 32.8 Å². The number of halogens is 1. The first-order chi connectivity index (χ1) is 15.4. The fourth-order valence-corrected chi connectivity index (χ4v) is 3.83. The minimum absolute atomic E-state index is 0.110. The van der Waals surface area contributed by atoms with Crippen LogP contribution in [0.5, 0.6) is 11.5 Å². The first-order valence-corrected chi connectivity index (χ1v) is 11.1. The van der Waals surface area contributed by atoms with Crippen LogP contribution in [0.2, 0.25) is 0 Å². The Balaban J connectivity index is 1.39. The molecule has 2 N–H and O–H groups in total. The fraction of sp³-hybridized carbons (Fsp3) is 0.250. The molecule has 166 valence electrons. The third-order valence-corrected chi connectivity index (χ3v) is 5.37. The Morgan fingerprint density at radius 2 is 1.91 bits per heavy atom. The van der Waals surface area contributed by atoms with Gasteiger partial charge in [0.25, 0.3) is 5.91 Å². The Hall–Kier alpha value is -3.26. The molecule has 4 rings (SSSR count). The normalized spacial score (nSPS) is 14.4. The lowest BCUT2D eigenvalue weighted by Gasteiger charge is -2.14. The summed E-state index contributed by atoms with van der Waals surface area (Å²) in [7, 11) is 0. The van der Waals surface area contributed by atoms with Crippen LogP contribution in [0.3, 0.4) is 0 Å². The molecule has 0 saturated carbocycles. The third-order valence-electron chi connectivity index (χ3n) is 4.95. The summed E-state index contributed by atoms with van der Waals surface area (Å²) < 4.78 is 17.3. The zero-order valence-corrected chi connectivity index (χ0v) is 19.3. The topological polar surface area (TPSA) is 89.8 Å². The second kappa shape index (κ2) is 9.48. The van der Waals surface area contributed by atoms with Crippen LogP contribution in [0.25, 0.3) is 0 Å². The molecule has 32 heavy (non-hydrogen) atoms. The molecule has 7 nitrogen and oxygen atoms in total. The van der Waals surface area contributed by atoms with Gasteiger partial charge in [0.05, 0.1) is 18.7 Å². The number of hydrogen-bond donors (Lipinski definition) is 2. The molecule has 2 heterocycles. The van der Waals surface area contributed by atoms with E-state index in [0.29, 0.717) is 28.4 Å². The highest BCUT2D eigenvalue weighted by atomic mass is 79.9. The monoisotopic (exact) mass is 498 g/mol. The van der Waals surface area contributed by atoms with Crippen LogP contribution in [0, 0.1) is 0 Å². The number of rotatable bonds is 7. The lowest BCUT2D eigenvalue weighted by molar-refractivity contribution is -0.115. The number of hydrogen-bond acceptors (Lipinski definition) is 5. The fourth-order valence-electron chi connectivity index (χ4n) is 3.53. The van der Waals surface area contributed by atoms with Gasteiger partial charge in [0.15, 0.2) is 10.4 Å². The summed E-state index contributed by atoms with van der Waals surface area (Å²) in [4.78, 5) is 24.8. The molecule has 1 aliphatic heterocycles. The average molecular weight is 499 g/mol. The van der Waals surface area contributed by atoms with Gasteiger partial charge >= 0.3 is 0 Å². The summed E-state index contributed by atoms with van der Waals surface area (Å²) in [6, 6.07) is 14.1. The Labute approximate surface area is 194 Å². The van der Waals surface area contributed by atoms with Crippen LogP contribution in [-0.4, -0.2) is 24.5 Å². The van der Waals surface area contributed by atoms with Gasteiger partial charge in [0, 0.05) is 23.7 Å². The molecule has 0 spiro atoms. The highest BCUT2D eigenvalue weighted by molar-refractivity contribution is 9.10. The lowest BCUT2D eigenvalue weighted by Crippen LogP contribution is -2.15. The van der Waals surface area contributed by atoms with Crippen LogP contribution >= 0.6 is 15.9 Å². The Bertz CT molecular complexity index is 1140. The molecule has 3 aromatic rings. The summed E-state index contributed by atoms with van der Waals surface area (Å²) in [5.74, 6) is 1.10. The van der Waals surface area contributed by atoms with E-state index in [0.717, 1.165) is 23.3 Å². The van der Waals surface area contributed by atoms with Crippen molar-refractivity contribution >= 4 is 39.1 Å². The van der Waals surface area contributed by atoms with Gasteiger partial charge in [0.2, 0.25) is 5.91 Å². The smallest absolute Gasteiger partial charge is 0.291 e. The van der Waals surface area contributed by atoms with Gasteiger partial charge in [-0.25, -0.2) is 0 Å². The first-order valence-electron chi connectivity index (χ1n) is 10.3. The van der Waals surface area contributed by atoms with Gasteiger partial charge in [0.1, 0.15) is 17.6 Å². The number of anilines is 2. The predicted octanol–water partition coefficient (Wildman–Crippen LogP) is 5.20. The van der Waals surface area contributed by atoms with Gasteiger partial charge in [-0.05, 0) is 65.7 Å². The Morgan fingerprint density at radius 1 is 1.12 bits per heavy atom. The number of fused-ring (bicyclic) bond motifs is 1. The highest BCUT2D eigenvalue weighted by Gasteiger charge is 2.22. The number of carbonyl (C=O) groups excluding carboxylic acids is 2. The lowest BCUT2D eigenvalue weighted by atomic mass is 10.1. The van der Waals surface area contributed by atoms with E-state index < -0.39 is 0 Å². The van der Waals surface area contributed by atoms with Crippen LogP contribution in [0.1, 0.15) is 35.5 Å². The molecular weight excluding hydrogens is 476 g/mol. The van der Waals surface area contributed by atoms with E-state index in [4.69, 9.17) is 13.9 Å². The first kappa shape index (κ1) is 22.0. The maximum atomic E-state index is 12.7. The maximum Gasteiger partial charge on any atom is 0.291 e. The molecule has 0 bridgehead atoms. The maximum absolute atomic E-state index is 12.7. The van der Waals surface area contributed by atoms with Crippen molar-refractivity contribution in [3.8, 4) is 11.5 Å². The molecule has 1 aliphatic rings. The van der Waals surface area contributed by atoms with E-state index in [1.54, 1.807) is 36.4 Å². The van der Waals surface area contributed by atoms with E-state index >= 15 is 0 Å². The predicted molar refractivity (Wildman–Crippen MR) is 125 cm³/mol. The number of carbonyl (C=O) groups is 2. The third kappa shape index (κ3) is 5.13. The molecule has 2 amide bonds. The van der Waals surface area contributed by atoms with E-state index in [1.807, 2.05) is 26.0 Å². The summed E-state index contributed by atoms with van der Waals surface area (Å²) in [5.41, 5.74) is 3.09. The number of ether oxygens (including phenoxy) is 2. The minimum atomic E-state index is -0.349. The van der Waals surface area contributed by atoms with Crippen LogP contribution in [-0.2, 0) is 17.6 Å². The van der Waals surface area contributed by atoms with Crippen molar-refractivity contribution in [3.05, 3.63) is 70.1 Å². The van der Waals surface area contributed by atoms with Gasteiger partial charge in [-0.2, -0.15) is 0 Å². The van der Waals surface area contributed by atoms with Crippen molar-refractivity contribution in [3.63, 3.8) is 0 Å². The van der Waals surface area contributed by atoms with Crippen LogP contribution in [0.15, 0.2) is 57.6 Å². The molecule has 0 fully saturated rings. The zero-order chi connectivity index (χ0) is 22.7. The number of nitrogens with one attached hydrogen (secondary N) is 2. The second-order valence-electron chi connectivity index (χ2n) is 7.50. The molecule has 8 heteroatoms. The van der Waals surface area contributed by atoms with Crippen LogP contribution < -0.4 is 20.1 Å². The summed E-state index contributed by atoms with van der Waals surface area (Å²) in [6.45, 7) is 4.42. The molecule has 0 saturated heterocycles. The minimum Gasteiger partial charge on any atom is -0.492 e. The van der Waals surface area contributed by atoms with E-state index in [1.165, 1.54) is 0 Å². The highest BCUT2D eigenvalue weighted by Crippen LogP contribution is 2.38. The summed E-state index contributed by atoms with van der Waals surface area (Å²) in [5, 5.41) is 5.68. The van der Waals surface area contributed by atoms with Crippen molar-refractivity contribution in [1.29, 1.82) is 0 Å². The van der Waals surface area contributed by atoms with Gasteiger partial charge in [-0.3, -0.25) is 9.59 Å². The Morgan fingerprint density at radius 3 is 2.59 bits per heavy atom. The van der Waals surface area contributed by atoms with Gasteiger partial charge in [-0.1, -0.05) is 12.1 Å². The largest absolute Gasteiger partial charge is 0.492 e. The van der Waals surface area contributed by atoms with Gasteiger partial charge in [-0.15, -0.1) is 0 Å². The van der Waals surface area contributed by atoms with Crippen molar-refractivity contribution < 1.29 is 23.5 Å². The van der Waals surface area contributed by atoms with Crippen molar-refractivity contribution in [2.75, 3.05) is 17.2 Å². The molecule has 0 aliphatic carbocycles. The van der Waals surface area contributed by atoms with Gasteiger partial charge < -0.3 is 24.5 Å². The molecule has 0 radical (unpaired) electrons. The van der Waals surface area contributed by atoms with E-state index in [2.05, 4.69) is 26.6 Å². The van der Waals surface area contributed by atoms with Crippen LogP contribution in [0.4, 0.5) is 11.4 Å². The van der Waals surface area contributed by atoms with Crippen molar-refractivity contribution in [1.82, 2.24) is 0 Å². The van der Waals surface area contributed by atoms with E-state index in [-0.39, 0.29) is 30.1 Å². The number of benzene rings is 2. The Kier molecular flexibility index (Phi) is 6.50. The second-order valence-corrected chi connectivity index (χ2v) is 8.28. The molecule has 2 aromatic carbocycles. The molecule has 1 unspecified atom stereocenters. The SMILES string of the molecule is CCOc1cc2c(cc1NC(=O)Cc1ccc(NC(=O)c3ccc(Br)o3)cc1)OC(C)C2. The molecule has 1 atom stereocenters. The summed E-state index contributed by atoms with van der Waals surface area (Å²) >= 11 is 3.17. The molecule has 1 aromatic heterocycles. The standard InChI is InChI=1S/C24H23BrN2O5/c1-3-30-21-12-16-10-14(2)31-20(16)13-18(21)27-23(28)11-15-4-6-17(7-5-15)26-24(29)19-8-9-22(25)32-19/h4-9,12-14H,3,10-11H2,1-2H3,(H,26,29)(H,27,28). The number of furan rings is 1.